The zero-order valence-corrected chi connectivity index (χ0v) is 20.1. The van der Waals surface area contributed by atoms with E-state index in [0.29, 0.717) is 48.0 Å². The lowest BCUT2D eigenvalue weighted by atomic mass is 10.2. The number of thioether (sulfide) groups is 1. The third kappa shape index (κ3) is 6.23. The topological polar surface area (TPSA) is 98.3 Å². The van der Waals surface area contributed by atoms with Gasteiger partial charge in [-0.2, -0.15) is 11.3 Å². The Labute approximate surface area is 201 Å². The molecule has 4 rings (SSSR count). The molecule has 7 nitrogen and oxygen atoms in total. The molecule has 1 aliphatic rings. The molecule has 0 radical (unpaired) electrons. The Hall–Kier alpha value is -2.65. The molecule has 2 amide bonds. The summed E-state index contributed by atoms with van der Waals surface area (Å²) >= 11 is 2.96. The summed E-state index contributed by atoms with van der Waals surface area (Å²) in [6.07, 6.45) is 4.67. The van der Waals surface area contributed by atoms with Crippen molar-refractivity contribution in [2.45, 2.75) is 62.8 Å². The van der Waals surface area contributed by atoms with E-state index in [1.807, 2.05) is 28.5 Å². The average Bonchev–Trinajstić information content (AvgIpc) is 3.51. The second-order valence-corrected chi connectivity index (χ2v) is 10.0. The molecule has 1 saturated carbocycles. The van der Waals surface area contributed by atoms with Gasteiger partial charge >= 0.3 is 0 Å². The van der Waals surface area contributed by atoms with Gasteiger partial charge in [0.1, 0.15) is 0 Å². The fraction of sp³-hybridized carbons (Fsp3) is 0.417. The molecule has 9 heteroatoms. The average molecular weight is 485 g/mol. The molecule has 1 aliphatic carbocycles. The maximum atomic E-state index is 13.2. The minimum atomic E-state index is -0.308. The van der Waals surface area contributed by atoms with Crippen LogP contribution in [-0.2, 0) is 22.7 Å². The third-order valence-corrected chi connectivity index (χ3v) is 7.39. The maximum Gasteiger partial charge on any atom is 0.262 e. The molecule has 0 bridgehead atoms. The van der Waals surface area contributed by atoms with Crippen molar-refractivity contribution in [3.63, 3.8) is 0 Å². The Morgan fingerprint density at radius 3 is 2.73 bits per heavy atom. The Kier molecular flexibility index (Phi) is 7.82. The molecule has 0 unspecified atom stereocenters. The highest BCUT2D eigenvalue weighted by molar-refractivity contribution is 7.99. The lowest BCUT2D eigenvalue weighted by Crippen LogP contribution is -2.34. The highest BCUT2D eigenvalue weighted by Gasteiger charge is 2.32. The van der Waals surface area contributed by atoms with Gasteiger partial charge in [-0.15, -0.1) is 0 Å². The van der Waals surface area contributed by atoms with Crippen LogP contribution in [-0.4, -0.2) is 38.1 Å². The van der Waals surface area contributed by atoms with Crippen LogP contribution in [0, 0.1) is 0 Å². The first-order valence-corrected chi connectivity index (χ1v) is 13.2. The minimum Gasteiger partial charge on any atom is -0.370 e. The molecule has 0 saturated heterocycles. The number of aromatic nitrogens is 2. The summed E-state index contributed by atoms with van der Waals surface area (Å²) in [5, 5.41) is 5.24. The molecule has 0 atom stereocenters. The predicted octanol–water partition coefficient (Wildman–Crippen LogP) is 3.79. The molecule has 2 aromatic heterocycles. The van der Waals surface area contributed by atoms with E-state index in [-0.39, 0.29) is 23.1 Å². The second-order valence-electron chi connectivity index (χ2n) is 8.32. The van der Waals surface area contributed by atoms with Crippen LogP contribution in [0.25, 0.3) is 10.9 Å². The minimum absolute atomic E-state index is 0.0733. The van der Waals surface area contributed by atoms with Crippen LogP contribution in [0.1, 0.15) is 44.1 Å². The van der Waals surface area contributed by atoms with E-state index in [2.05, 4.69) is 11.4 Å². The van der Waals surface area contributed by atoms with E-state index in [4.69, 9.17) is 10.7 Å². The van der Waals surface area contributed by atoms with Gasteiger partial charge in [-0.25, -0.2) is 4.98 Å². The zero-order chi connectivity index (χ0) is 23.2. The lowest BCUT2D eigenvalue weighted by molar-refractivity contribution is -0.129. The van der Waals surface area contributed by atoms with Gasteiger partial charge < -0.3 is 10.6 Å². The number of carbonyl (C=O) groups excluding carboxylic acids is 2. The number of benzene rings is 1. The molecule has 1 aromatic carbocycles. The maximum absolute atomic E-state index is 13.2. The Balaban J connectivity index is 1.48. The summed E-state index contributed by atoms with van der Waals surface area (Å²) in [5.41, 5.74) is 6.91. The smallest absolute Gasteiger partial charge is 0.262 e. The van der Waals surface area contributed by atoms with Crippen LogP contribution in [0.15, 0.2) is 51.0 Å². The summed E-state index contributed by atoms with van der Waals surface area (Å²) in [6.45, 7) is 1.12. The van der Waals surface area contributed by atoms with Crippen molar-refractivity contribution >= 4 is 45.8 Å². The largest absolute Gasteiger partial charge is 0.370 e. The summed E-state index contributed by atoms with van der Waals surface area (Å²) in [7, 11) is 0. The normalized spacial score (nSPS) is 13.3. The van der Waals surface area contributed by atoms with Crippen molar-refractivity contribution in [3.05, 3.63) is 57.0 Å². The number of primary amides is 1. The first-order valence-electron chi connectivity index (χ1n) is 11.2. The quantitative estimate of drug-likeness (QED) is 0.240. The summed E-state index contributed by atoms with van der Waals surface area (Å²) in [4.78, 5) is 43.9. The molecule has 2 N–H and O–H groups in total. The number of hydrogen-bond acceptors (Lipinski definition) is 6. The molecule has 174 valence electrons. The van der Waals surface area contributed by atoms with Crippen molar-refractivity contribution in [3.8, 4) is 0 Å². The van der Waals surface area contributed by atoms with Gasteiger partial charge in [0.25, 0.3) is 5.56 Å². The van der Waals surface area contributed by atoms with E-state index in [1.165, 1.54) is 11.8 Å². The van der Waals surface area contributed by atoms with Crippen LogP contribution >= 0.6 is 23.1 Å². The number of hydrogen-bond donors (Lipinski definition) is 1. The SMILES string of the molecule is NC(=O)CCCCCn1c(SCC(=O)N(Cc2ccsc2)C2CC2)nc2ccccc2c1=O. The van der Waals surface area contributed by atoms with Crippen LogP contribution in [0.3, 0.4) is 0 Å². The summed E-state index contributed by atoms with van der Waals surface area (Å²) < 4.78 is 1.67. The van der Waals surface area contributed by atoms with Gasteiger partial charge in [-0.05, 0) is 60.2 Å². The molecule has 0 aliphatic heterocycles. The van der Waals surface area contributed by atoms with Crippen molar-refractivity contribution in [1.29, 1.82) is 0 Å². The van der Waals surface area contributed by atoms with Crippen LogP contribution in [0.2, 0.25) is 0 Å². The summed E-state index contributed by atoms with van der Waals surface area (Å²) in [6, 6.07) is 9.67. The van der Waals surface area contributed by atoms with Crippen molar-refractivity contribution < 1.29 is 9.59 Å². The lowest BCUT2D eigenvalue weighted by Gasteiger charge is -2.22. The van der Waals surface area contributed by atoms with Gasteiger partial charge in [-0.3, -0.25) is 19.0 Å². The number of amides is 2. The number of nitrogens with two attached hydrogens (primary N) is 1. The van der Waals surface area contributed by atoms with E-state index in [1.54, 1.807) is 22.0 Å². The number of carbonyl (C=O) groups is 2. The highest BCUT2D eigenvalue weighted by Crippen LogP contribution is 2.30. The molecule has 1 fully saturated rings. The van der Waals surface area contributed by atoms with E-state index in [9.17, 15) is 14.4 Å². The fourth-order valence-corrected chi connectivity index (χ4v) is 5.37. The van der Waals surface area contributed by atoms with Crippen LogP contribution in [0.4, 0.5) is 0 Å². The standard InChI is InChI=1S/C24H28N4O3S2/c25-21(29)8-2-1-5-12-27-23(31)19-6-3-4-7-20(19)26-24(27)33-16-22(30)28(18-9-10-18)14-17-11-13-32-15-17/h3-4,6-7,11,13,15,18H,1-2,5,8-10,12,14,16H2,(H2,25,29). The molecule has 33 heavy (non-hydrogen) atoms. The first kappa shape index (κ1) is 23.5. The van der Waals surface area contributed by atoms with Crippen molar-refractivity contribution in [2.24, 2.45) is 5.73 Å². The molecular formula is C24H28N4O3S2. The number of nitrogens with zero attached hydrogens (tertiary/aromatic N) is 3. The van der Waals surface area contributed by atoms with E-state index >= 15 is 0 Å². The number of fused-ring (bicyclic) bond motifs is 1. The van der Waals surface area contributed by atoms with Gasteiger partial charge in [0.05, 0.1) is 16.7 Å². The van der Waals surface area contributed by atoms with Crippen molar-refractivity contribution in [2.75, 3.05) is 5.75 Å². The van der Waals surface area contributed by atoms with Gasteiger partial charge in [-0.1, -0.05) is 30.3 Å². The van der Waals surface area contributed by atoms with Gasteiger partial charge in [0, 0.05) is 25.6 Å². The van der Waals surface area contributed by atoms with E-state index < -0.39 is 0 Å². The Bertz CT molecular complexity index is 1170. The Morgan fingerprint density at radius 1 is 1.18 bits per heavy atom. The Morgan fingerprint density at radius 2 is 2.00 bits per heavy atom. The molecule has 0 spiro atoms. The number of para-hydroxylation sites is 1. The zero-order valence-electron chi connectivity index (χ0n) is 18.4. The first-order chi connectivity index (χ1) is 16.0. The third-order valence-electron chi connectivity index (χ3n) is 5.70. The fourth-order valence-electron chi connectivity index (χ4n) is 3.80. The summed E-state index contributed by atoms with van der Waals surface area (Å²) in [5.74, 6) is 0.00804. The number of rotatable bonds is 12. The van der Waals surface area contributed by atoms with Crippen LogP contribution in [0.5, 0.6) is 0 Å². The molecular weight excluding hydrogens is 456 g/mol. The monoisotopic (exact) mass is 484 g/mol. The molecule has 3 aromatic rings. The van der Waals surface area contributed by atoms with E-state index in [0.717, 1.165) is 31.2 Å². The number of unbranched alkanes of at least 4 members (excludes halogenated alkanes) is 2. The van der Waals surface area contributed by atoms with Crippen LogP contribution < -0.4 is 11.3 Å². The molecule has 2 heterocycles. The van der Waals surface area contributed by atoms with Gasteiger partial charge in [0.15, 0.2) is 5.16 Å². The van der Waals surface area contributed by atoms with Gasteiger partial charge in [0.2, 0.25) is 11.8 Å². The number of thiophene rings is 1. The van der Waals surface area contributed by atoms with Crippen molar-refractivity contribution in [1.82, 2.24) is 14.5 Å². The predicted molar refractivity (Wildman–Crippen MR) is 132 cm³/mol. The second kappa shape index (κ2) is 11.0. The highest BCUT2D eigenvalue weighted by atomic mass is 32.2.